The highest BCUT2D eigenvalue weighted by atomic mass is 35.5. The summed E-state index contributed by atoms with van der Waals surface area (Å²) in [5.41, 5.74) is -0.625. The fourth-order valence-corrected chi connectivity index (χ4v) is 1.14. The van der Waals surface area contributed by atoms with Gasteiger partial charge in [-0.1, -0.05) is 0 Å². The molecule has 1 aromatic rings. The maximum atomic E-state index is 13.2. The van der Waals surface area contributed by atoms with Crippen LogP contribution in [0.1, 0.15) is 0 Å². The van der Waals surface area contributed by atoms with Crippen LogP contribution in [0, 0.1) is 17.5 Å². The summed E-state index contributed by atoms with van der Waals surface area (Å²) in [5, 5.41) is 3.94. The second kappa shape index (κ2) is 6.25. The van der Waals surface area contributed by atoms with Crippen molar-refractivity contribution in [2.75, 3.05) is 17.7 Å². The summed E-state index contributed by atoms with van der Waals surface area (Å²) in [6, 6.07) is 1.44. The van der Waals surface area contributed by atoms with Gasteiger partial charge >= 0.3 is 11.8 Å². The molecule has 18 heavy (non-hydrogen) atoms. The van der Waals surface area contributed by atoms with Crippen molar-refractivity contribution in [3.63, 3.8) is 0 Å². The molecule has 0 radical (unpaired) electrons. The smallest absolute Gasteiger partial charge is 0.313 e. The SMILES string of the molecule is O=C(NCCCl)C(=O)Nc1ccc(F)c(F)c1F. The molecule has 0 bridgehead atoms. The molecule has 0 atom stereocenters. The van der Waals surface area contributed by atoms with Crippen LogP contribution in [-0.4, -0.2) is 24.2 Å². The summed E-state index contributed by atoms with van der Waals surface area (Å²) in [7, 11) is 0. The molecule has 0 aromatic heterocycles. The van der Waals surface area contributed by atoms with E-state index in [4.69, 9.17) is 11.6 Å². The molecule has 0 heterocycles. The first-order valence-corrected chi connectivity index (χ1v) is 5.29. The molecule has 0 unspecified atom stereocenters. The van der Waals surface area contributed by atoms with Crippen molar-refractivity contribution in [1.82, 2.24) is 5.32 Å². The quantitative estimate of drug-likeness (QED) is 0.499. The van der Waals surface area contributed by atoms with E-state index in [0.717, 1.165) is 6.07 Å². The van der Waals surface area contributed by atoms with Gasteiger partial charge in [-0.15, -0.1) is 11.6 Å². The molecule has 1 aromatic carbocycles. The lowest BCUT2D eigenvalue weighted by molar-refractivity contribution is -0.136. The van der Waals surface area contributed by atoms with Crippen molar-refractivity contribution in [2.24, 2.45) is 0 Å². The molecule has 0 aliphatic carbocycles. The van der Waals surface area contributed by atoms with Crippen LogP contribution in [0.25, 0.3) is 0 Å². The zero-order valence-electron chi connectivity index (χ0n) is 8.90. The van der Waals surface area contributed by atoms with Crippen LogP contribution in [0.3, 0.4) is 0 Å². The summed E-state index contributed by atoms with van der Waals surface area (Å²) >= 11 is 5.28. The van der Waals surface area contributed by atoms with Gasteiger partial charge in [-0.05, 0) is 12.1 Å². The van der Waals surface area contributed by atoms with E-state index in [-0.39, 0.29) is 12.4 Å². The second-order valence-corrected chi connectivity index (χ2v) is 3.50. The van der Waals surface area contributed by atoms with Gasteiger partial charge in [-0.2, -0.15) is 0 Å². The Hall–Kier alpha value is -1.76. The van der Waals surface area contributed by atoms with Crippen LogP contribution in [0.4, 0.5) is 18.9 Å². The Labute approximate surface area is 105 Å². The minimum absolute atomic E-state index is 0.0497. The number of benzene rings is 1. The minimum atomic E-state index is -1.73. The van der Waals surface area contributed by atoms with Gasteiger partial charge in [0, 0.05) is 12.4 Å². The highest BCUT2D eigenvalue weighted by Gasteiger charge is 2.18. The molecule has 0 aliphatic heterocycles. The first-order chi connectivity index (χ1) is 8.47. The van der Waals surface area contributed by atoms with Crippen molar-refractivity contribution >= 4 is 29.1 Å². The van der Waals surface area contributed by atoms with Gasteiger partial charge in [-0.25, -0.2) is 13.2 Å². The van der Waals surface area contributed by atoms with Crippen molar-refractivity contribution < 1.29 is 22.8 Å². The molecule has 2 N–H and O–H groups in total. The number of anilines is 1. The van der Waals surface area contributed by atoms with E-state index in [1.54, 1.807) is 0 Å². The van der Waals surface area contributed by atoms with E-state index in [0.29, 0.717) is 6.07 Å². The van der Waals surface area contributed by atoms with E-state index < -0.39 is 35.0 Å². The van der Waals surface area contributed by atoms with Crippen LogP contribution in [0.15, 0.2) is 12.1 Å². The summed E-state index contributed by atoms with van der Waals surface area (Å²) < 4.78 is 38.6. The highest BCUT2D eigenvalue weighted by Crippen LogP contribution is 2.19. The number of nitrogens with one attached hydrogen (secondary N) is 2. The third-order valence-electron chi connectivity index (χ3n) is 1.87. The molecule has 4 nitrogen and oxygen atoms in total. The van der Waals surface area contributed by atoms with Crippen LogP contribution < -0.4 is 10.6 Å². The lowest BCUT2D eigenvalue weighted by Gasteiger charge is -2.07. The Morgan fingerprint density at radius 1 is 1.11 bits per heavy atom. The highest BCUT2D eigenvalue weighted by molar-refractivity contribution is 6.39. The molecule has 0 saturated heterocycles. The van der Waals surface area contributed by atoms with Gasteiger partial charge in [0.2, 0.25) is 0 Å². The lowest BCUT2D eigenvalue weighted by Crippen LogP contribution is -2.36. The zero-order valence-corrected chi connectivity index (χ0v) is 9.65. The number of amides is 2. The summed E-state index contributed by atoms with van der Waals surface area (Å²) in [4.78, 5) is 22.3. The number of carbonyl (C=O) groups is 2. The summed E-state index contributed by atoms with van der Waals surface area (Å²) in [6.07, 6.45) is 0. The predicted molar refractivity (Wildman–Crippen MR) is 58.7 cm³/mol. The Bertz CT molecular complexity index is 482. The fourth-order valence-electron chi connectivity index (χ4n) is 1.04. The van der Waals surface area contributed by atoms with Gasteiger partial charge in [0.1, 0.15) is 0 Å². The van der Waals surface area contributed by atoms with Crippen LogP contribution in [0.5, 0.6) is 0 Å². The Morgan fingerprint density at radius 3 is 2.39 bits per heavy atom. The number of carbonyl (C=O) groups excluding carboxylic acids is 2. The topological polar surface area (TPSA) is 58.2 Å². The third kappa shape index (κ3) is 3.36. The van der Waals surface area contributed by atoms with Crippen molar-refractivity contribution in [3.05, 3.63) is 29.6 Å². The fraction of sp³-hybridized carbons (Fsp3) is 0.200. The van der Waals surface area contributed by atoms with Crippen molar-refractivity contribution in [1.29, 1.82) is 0 Å². The maximum Gasteiger partial charge on any atom is 0.313 e. The number of alkyl halides is 1. The number of hydrogen-bond acceptors (Lipinski definition) is 2. The summed E-state index contributed by atoms with van der Waals surface area (Å²) in [6.45, 7) is 0.0497. The molecule has 0 aliphatic rings. The lowest BCUT2D eigenvalue weighted by atomic mass is 10.2. The van der Waals surface area contributed by atoms with Crippen LogP contribution >= 0.6 is 11.6 Å². The standard InChI is InChI=1S/C10H8ClF3N2O2/c11-3-4-15-9(17)10(18)16-6-2-1-5(12)7(13)8(6)14/h1-2H,3-4H2,(H,15,17)(H,16,18). The monoisotopic (exact) mass is 280 g/mol. The maximum absolute atomic E-state index is 13.2. The van der Waals surface area contributed by atoms with Gasteiger partial charge < -0.3 is 10.6 Å². The van der Waals surface area contributed by atoms with Gasteiger partial charge in [0.25, 0.3) is 0 Å². The van der Waals surface area contributed by atoms with Crippen molar-refractivity contribution in [2.45, 2.75) is 0 Å². The number of rotatable bonds is 3. The van der Waals surface area contributed by atoms with E-state index in [9.17, 15) is 22.8 Å². The Morgan fingerprint density at radius 2 is 1.78 bits per heavy atom. The first-order valence-electron chi connectivity index (χ1n) is 4.76. The second-order valence-electron chi connectivity index (χ2n) is 3.12. The molecular weight excluding hydrogens is 273 g/mol. The van der Waals surface area contributed by atoms with Crippen LogP contribution in [0.2, 0.25) is 0 Å². The Kier molecular flexibility index (Phi) is 4.96. The average Bonchev–Trinajstić information content (AvgIpc) is 2.36. The molecule has 1 rings (SSSR count). The molecular formula is C10H8ClF3N2O2. The van der Waals surface area contributed by atoms with Gasteiger partial charge in [-0.3, -0.25) is 9.59 Å². The normalized spacial score (nSPS) is 10.0. The van der Waals surface area contributed by atoms with E-state index in [1.165, 1.54) is 0 Å². The third-order valence-corrected chi connectivity index (χ3v) is 2.06. The number of halogens is 4. The first kappa shape index (κ1) is 14.3. The Balaban J connectivity index is 2.76. The van der Waals surface area contributed by atoms with Crippen LogP contribution in [-0.2, 0) is 9.59 Å². The van der Waals surface area contributed by atoms with E-state index >= 15 is 0 Å². The molecule has 8 heteroatoms. The minimum Gasteiger partial charge on any atom is -0.347 e. The average molecular weight is 281 g/mol. The largest absolute Gasteiger partial charge is 0.347 e. The predicted octanol–water partition coefficient (Wildman–Crippen LogP) is 1.40. The zero-order chi connectivity index (χ0) is 13.7. The molecule has 0 fully saturated rings. The number of hydrogen-bond donors (Lipinski definition) is 2. The molecule has 2 amide bonds. The molecule has 0 saturated carbocycles. The van der Waals surface area contributed by atoms with Gasteiger partial charge in [0.15, 0.2) is 17.5 Å². The van der Waals surface area contributed by atoms with E-state index in [2.05, 4.69) is 5.32 Å². The molecule has 98 valence electrons. The van der Waals surface area contributed by atoms with E-state index in [1.807, 2.05) is 5.32 Å². The summed E-state index contributed by atoms with van der Waals surface area (Å²) in [5.74, 6) is -6.86. The van der Waals surface area contributed by atoms with Crippen molar-refractivity contribution in [3.8, 4) is 0 Å². The molecule has 0 spiro atoms. The van der Waals surface area contributed by atoms with Gasteiger partial charge in [0.05, 0.1) is 5.69 Å².